The van der Waals surface area contributed by atoms with E-state index in [1.54, 1.807) is 4.90 Å². The SMILES string of the molecule is Cc1c2n(c(OC[C@@H]3COCCO3)cc1=O)CCc1cc(N3CCC(F)(F)C3)ccc1-2. The van der Waals surface area contributed by atoms with Crippen molar-refractivity contribution in [1.82, 2.24) is 4.57 Å². The maximum absolute atomic E-state index is 13.7. The molecule has 8 heteroatoms. The lowest BCUT2D eigenvalue weighted by Crippen LogP contribution is -2.34. The molecule has 3 aliphatic heterocycles. The van der Waals surface area contributed by atoms with Gasteiger partial charge < -0.3 is 23.7 Å². The Morgan fingerprint density at radius 2 is 2.10 bits per heavy atom. The number of anilines is 1. The lowest BCUT2D eigenvalue weighted by Gasteiger charge is -2.29. The van der Waals surface area contributed by atoms with Crippen LogP contribution < -0.4 is 15.1 Å². The summed E-state index contributed by atoms with van der Waals surface area (Å²) in [7, 11) is 0. The number of nitrogens with zero attached hydrogens (tertiary/aromatic N) is 2. The molecule has 0 radical (unpaired) electrons. The highest BCUT2D eigenvalue weighted by atomic mass is 19.3. The standard InChI is InChI=1S/C23H26F2N2O4/c1-15-20(28)11-21(31-13-18-12-29-8-9-30-18)27-6-4-16-10-17(2-3-19(16)22(15)27)26-7-5-23(24,25)14-26/h2-3,10-11,18H,4-9,12-14H2,1H3/t18-/m0/s1. The summed E-state index contributed by atoms with van der Waals surface area (Å²) in [5.41, 5.74) is 4.24. The molecule has 6 nitrogen and oxygen atoms in total. The molecule has 0 amide bonds. The fourth-order valence-corrected chi connectivity index (χ4v) is 4.63. The highest BCUT2D eigenvalue weighted by Crippen LogP contribution is 2.38. The van der Waals surface area contributed by atoms with Gasteiger partial charge in [-0.1, -0.05) is 6.07 Å². The van der Waals surface area contributed by atoms with Gasteiger partial charge in [0.2, 0.25) is 0 Å². The fourth-order valence-electron chi connectivity index (χ4n) is 4.63. The van der Waals surface area contributed by atoms with E-state index in [1.807, 2.05) is 29.7 Å². The Morgan fingerprint density at radius 1 is 1.23 bits per heavy atom. The number of rotatable bonds is 4. The third-order valence-corrected chi connectivity index (χ3v) is 6.30. The van der Waals surface area contributed by atoms with Gasteiger partial charge in [-0.15, -0.1) is 0 Å². The Bertz CT molecular complexity index is 1050. The van der Waals surface area contributed by atoms with Gasteiger partial charge in [0.1, 0.15) is 12.7 Å². The van der Waals surface area contributed by atoms with Crippen LogP contribution in [0.4, 0.5) is 14.5 Å². The molecule has 1 aromatic carbocycles. The summed E-state index contributed by atoms with van der Waals surface area (Å²) < 4.78 is 46.4. The van der Waals surface area contributed by atoms with Crippen molar-refractivity contribution in [3.05, 3.63) is 45.6 Å². The predicted octanol–water partition coefficient (Wildman–Crippen LogP) is 3.02. The topological polar surface area (TPSA) is 52.9 Å². The molecule has 0 saturated carbocycles. The maximum Gasteiger partial charge on any atom is 0.266 e. The minimum Gasteiger partial charge on any atom is -0.476 e. The van der Waals surface area contributed by atoms with E-state index in [0.29, 0.717) is 51.0 Å². The average molecular weight is 432 g/mol. The average Bonchev–Trinajstić information content (AvgIpc) is 3.14. The largest absolute Gasteiger partial charge is 0.476 e. The number of aryl methyl sites for hydroxylation is 1. The summed E-state index contributed by atoms with van der Waals surface area (Å²) in [5, 5.41) is 0. The molecule has 0 aliphatic carbocycles. The zero-order chi connectivity index (χ0) is 21.6. The number of ether oxygens (including phenoxy) is 3. The highest BCUT2D eigenvalue weighted by Gasteiger charge is 2.38. The van der Waals surface area contributed by atoms with Gasteiger partial charge in [0.05, 0.1) is 32.1 Å². The number of fused-ring (bicyclic) bond motifs is 3. The van der Waals surface area contributed by atoms with Crippen molar-refractivity contribution in [3.63, 3.8) is 0 Å². The van der Waals surface area contributed by atoms with Gasteiger partial charge in [0.15, 0.2) is 11.3 Å². The molecule has 1 aromatic heterocycles. The number of halogens is 2. The first-order valence-electron chi connectivity index (χ1n) is 10.7. The minimum absolute atomic E-state index is 0.0850. The van der Waals surface area contributed by atoms with Crippen LogP contribution in [0.2, 0.25) is 0 Å². The summed E-state index contributed by atoms with van der Waals surface area (Å²) in [4.78, 5) is 14.4. The monoisotopic (exact) mass is 432 g/mol. The molecule has 3 aliphatic rings. The second kappa shape index (κ2) is 7.91. The molecule has 2 aromatic rings. The van der Waals surface area contributed by atoms with Gasteiger partial charge in [0.25, 0.3) is 5.92 Å². The van der Waals surface area contributed by atoms with Crippen molar-refractivity contribution in [2.75, 3.05) is 44.4 Å². The van der Waals surface area contributed by atoms with Crippen molar-refractivity contribution in [1.29, 1.82) is 0 Å². The van der Waals surface area contributed by atoms with E-state index in [0.717, 1.165) is 28.9 Å². The molecule has 31 heavy (non-hydrogen) atoms. The number of hydrogen-bond donors (Lipinski definition) is 0. The van der Waals surface area contributed by atoms with Gasteiger partial charge in [-0.05, 0) is 31.0 Å². The molecule has 0 bridgehead atoms. The number of pyridine rings is 1. The summed E-state index contributed by atoms with van der Waals surface area (Å²) >= 11 is 0. The third-order valence-electron chi connectivity index (χ3n) is 6.30. The first-order chi connectivity index (χ1) is 14.9. The molecule has 1 atom stereocenters. The normalized spacial score (nSPS) is 22.2. The van der Waals surface area contributed by atoms with Gasteiger partial charge in [-0.25, -0.2) is 8.78 Å². The molecule has 0 N–H and O–H groups in total. The van der Waals surface area contributed by atoms with Crippen molar-refractivity contribution in [2.45, 2.75) is 38.3 Å². The van der Waals surface area contributed by atoms with Gasteiger partial charge in [-0.3, -0.25) is 4.79 Å². The molecule has 5 rings (SSSR count). The van der Waals surface area contributed by atoms with Crippen molar-refractivity contribution in [2.24, 2.45) is 0 Å². The Kier molecular flexibility index (Phi) is 5.22. The van der Waals surface area contributed by atoms with Crippen LogP contribution in [0.3, 0.4) is 0 Å². The number of alkyl halides is 2. The lowest BCUT2D eigenvalue weighted by molar-refractivity contribution is -0.102. The smallest absolute Gasteiger partial charge is 0.266 e. The Hall–Kier alpha value is -2.45. The van der Waals surface area contributed by atoms with E-state index in [-0.39, 0.29) is 24.5 Å². The van der Waals surface area contributed by atoms with Crippen molar-refractivity contribution >= 4 is 5.69 Å². The molecule has 166 valence electrons. The third kappa shape index (κ3) is 3.94. The second-order valence-corrected chi connectivity index (χ2v) is 8.47. The van der Waals surface area contributed by atoms with Crippen LogP contribution in [0.1, 0.15) is 17.5 Å². The molecule has 0 unspecified atom stereocenters. The maximum atomic E-state index is 13.7. The van der Waals surface area contributed by atoms with Crippen LogP contribution in [-0.2, 0) is 22.4 Å². The lowest BCUT2D eigenvalue weighted by atomic mass is 9.94. The predicted molar refractivity (Wildman–Crippen MR) is 112 cm³/mol. The zero-order valence-corrected chi connectivity index (χ0v) is 17.5. The van der Waals surface area contributed by atoms with Crippen LogP contribution in [0.25, 0.3) is 11.3 Å². The van der Waals surface area contributed by atoms with Crippen molar-refractivity contribution in [3.8, 4) is 17.1 Å². The van der Waals surface area contributed by atoms with Crippen molar-refractivity contribution < 1.29 is 23.0 Å². The summed E-state index contributed by atoms with van der Waals surface area (Å²) in [6, 6.07) is 7.35. The minimum atomic E-state index is -2.63. The van der Waals surface area contributed by atoms with E-state index >= 15 is 0 Å². The molecule has 2 saturated heterocycles. The Balaban J connectivity index is 1.45. The molecule has 2 fully saturated rings. The summed E-state index contributed by atoms with van der Waals surface area (Å²) in [6.45, 7) is 4.50. The Morgan fingerprint density at radius 3 is 2.84 bits per heavy atom. The van der Waals surface area contributed by atoms with Crippen LogP contribution in [0.5, 0.6) is 5.88 Å². The highest BCUT2D eigenvalue weighted by molar-refractivity contribution is 5.72. The van der Waals surface area contributed by atoms with E-state index in [2.05, 4.69) is 0 Å². The van der Waals surface area contributed by atoms with Crippen LogP contribution >= 0.6 is 0 Å². The molecule has 4 heterocycles. The Labute approximate surface area is 179 Å². The fraction of sp³-hybridized carbons (Fsp3) is 0.522. The number of aromatic nitrogens is 1. The van der Waals surface area contributed by atoms with Crippen LogP contribution in [-0.4, -0.2) is 56.1 Å². The summed E-state index contributed by atoms with van der Waals surface area (Å²) in [5.74, 6) is -2.11. The molecular formula is C23H26F2N2O4. The van der Waals surface area contributed by atoms with Gasteiger partial charge in [0, 0.05) is 42.4 Å². The van der Waals surface area contributed by atoms with Gasteiger partial charge >= 0.3 is 0 Å². The van der Waals surface area contributed by atoms with E-state index in [4.69, 9.17) is 14.2 Å². The first kappa shape index (κ1) is 20.5. The van der Waals surface area contributed by atoms with Crippen LogP contribution in [0.15, 0.2) is 29.1 Å². The number of hydrogen-bond acceptors (Lipinski definition) is 5. The first-order valence-corrected chi connectivity index (χ1v) is 10.7. The zero-order valence-electron chi connectivity index (χ0n) is 17.5. The van der Waals surface area contributed by atoms with E-state index < -0.39 is 5.92 Å². The van der Waals surface area contributed by atoms with E-state index in [9.17, 15) is 13.6 Å². The van der Waals surface area contributed by atoms with Crippen LogP contribution in [0, 0.1) is 6.92 Å². The quantitative estimate of drug-likeness (QED) is 0.744. The molecular weight excluding hydrogens is 406 g/mol. The molecule has 0 spiro atoms. The second-order valence-electron chi connectivity index (χ2n) is 8.47. The summed E-state index contributed by atoms with van der Waals surface area (Å²) in [6.07, 6.45) is 0.471. The number of benzene rings is 1. The van der Waals surface area contributed by atoms with E-state index in [1.165, 1.54) is 6.07 Å². The van der Waals surface area contributed by atoms with Gasteiger partial charge in [-0.2, -0.15) is 0 Å².